The number of piperidine rings is 1. The van der Waals surface area contributed by atoms with Crippen LogP contribution in [0.5, 0.6) is 0 Å². The van der Waals surface area contributed by atoms with Gasteiger partial charge in [0, 0.05) is 19.1 Å². The highest BCUT2D eigenvalue weighted by molar-refractivity contribution is 5.88. The number of nitrogens with zero attached hydrogens (tertiary/aromatic N) is 3. The van der Waals surface area contributed by atoms with E-state index < -0.39 is 17.2 Å². The number of carbonyl (C=O) groups is 1. The predicted octanol–water partition coefficient (Wildman–Crippen LogP) is 1.12. The molecule has 0 aliphatic carbocycles. The fraction of sp³-hybridized carbons (Fsp3) is 0.357. The maximum atomic E-state index is 12.4. The Hall–Kier alpha value is -2.25. The highest BCUT2D eigenvalue weighted by Crippen LogP contribution is 2.24. The van der Waals surface area contributed by atoms with Crippen LogP contribution >= 0.6 is 0 Å². The van der Waals surface area contributed by atoms with Crippen molar-refractivity contribution in [2.75, 3.05) is 13.1 Å². The van der Waals surface area contributed by atoms with Gasteiger partial charge in [0.05, 0.1) is 11.0 Å². The van der Waals surface area contributed by atoms with Crippen LogP contribution in [0.4, 0.5) is 0 Å². The van der Waals surface area contributed by atoms with Crippen LogP contribution < -0.4 is 5.56 Å². The number of aromatic carboxylic acids is 1. The smallest absolute Gasteiger partial charge is 0.360 e. The summed E-state index contributed by atoms with van der Waals surface area (Å²) in [5.74, 6) is -1.32. The molecule has 0 spiro atoms. The summed E-state index contributed by atoms with van der Waals surface area (Å²) in [6.45, 7) is 0.909. The molecule has 7 nitrogen and oxygen atoms in total. The van der Waals surface area contributed by atoms with Crippen molar-refractivity contribution in [2.45, 2.75) is 18.9 Å². The average Bonchev–Trinajstić information content (AvgIpc) is 2.48. The lowest BCUT2D eigenvalue weighted by molar-refractivity contribution is -0.110. The van der Waals surface area contributed by atoms with E-state index in [1.807, 2.05) is 0 Å². The molecule has 1 aromatic carbocycles. The van der Waals surface area contributed by atoms with E-state index in [9.17, 15) is 14.8 Å². The lowest BCUT2D eigenvalue weighted by Crippen LogP contribution is -2.38. The standard InChI is InChI=1S/C14H15N3O4/c18-13-12(14(19)20)15-10-3-1-2-4-11(10)17(13)9-5-7-16(21)8-6-9/h1-4,9,21H,5-8H2,(H,19,20). The second-order valence-corrected chi connectivity index (χ2v) is 5.11. The number of hydroxylamine groups is 2. The minimum absolute atomic E-state index is 0.133. The van der Waals surface area contributed by atoms with Crippen molar-refractivity contribution < 1.29 is 15.1 Å². The van der Waals surface area contributed by atoms with E-state index >= 15 is 0 Å². The lowest BCUT2D eigenvalue weighted by Gasteiger charge is -2.29. The van der Waals surface area contributed by atoms with Gasteiger partial charge in [-0.05, 0) is 25.0 Å². The molecule has 0 amide bonds. The van der Waals surface area contributed by atoms with E-state index in [-0.39, 0.29) is 6.04 Å². The Kier molecular flexibility index (Phi) is 3.44. The van der Waals surface area contributed by atoms with Crippen LogP contribution in [0.1, 0.15) is 29.4 Å². The van der Waals surface area contributed by atoms with E-state index in [4.69, 9.17) is 5.11 Å². The number of rotatable bonds is 2. The van der Waals surface area contributed by atoms with Gasteiger partial charge in [-0.25, -0.2) is 9.78 Å². The van der Waals surface area contributed by atoms with Gasteiger partial charge < -0.3 is 14.9 Å². The van der Waals surface area contributed by atoms with Crippen molar-refractivity contribution in [3.63, 3.8) is 0 Å². The third kappa shape index (κ3) is 2.41. The van der Waals surface area contributed by atoms with Gasteiger partial charge in [-0.15, -0.1) is 0 Å². The summed E-state index contributed by atoms with van der Waals surface area (Å²) in [6, 6.07) is 6.87. The third-order valence-corrected chi connectivity index (χ3v) is 3.80. The largest absolute Gasteiger partial charge is 0.476 e. The predicted molar refractivity (Wildman–Crippen MR) is 74.6 cm³/mol. The van der Waals surface area contributed by atoms with Crippen LogP contribution in [0.2, 0.25) is 0 Å². The molecule has 0 bridgehead atoms. The monoisotopic (exact) mass is 289 g/mol. The topological polar surface area (TPSA) is 95.7 Å². The molecule has 0 radical (unpaired) electrons. The summed E-state index contributed by atoms with van der Waals surface area (Å²) >= 11 is 0. The molecule has 1 aliphatic rings. The fourth-order valence-corrected chi connectivity index (χ4v) is 2.77. The number of fused-ring (bicyclic) bond motifs is 1. The van der Waals surface area contributed by atoms with Crippen LogP contribution in [0.3, 0.4) is 0 Å². The van der Waals surface area contributed by atoms with Gasteiger partial charge in [-0.2, -0.15) is 5.06 Å². The average molecular weight is 289 g/mol. The fourth-order valence-electron chi connectivity index (χ4n) is 2.77. The van der Waals surface area contributed by atoms with Gasteiger partial charge in [0.2, 0.25) is 5.69 Å². The SMILES string of the molecule is O=C(O)c1nc2ccccc2n(C2CCN(O)CC2)c1=O. The Morgan fingerprint density at radius 3 is 2.57 bits per heavy atom. The van der Waals surface area contributed by atoms with Crippen molar-refractivity contribution >= 4 is 17.0 Å². The molecule has 1 saturated heterocycles. The third-order valence-electron chi connectivity index (χ3n) is 3.80. The Morgan fingerprint density at radius 2 is 1.90 bits per heavy atom. The molecule has 2 heterocycles. The Labute approximate surface area is 120 Å². The first kappa shape index (κ1) is 13.7. The zero-order chi connectivity index (χ0) is 15.0. The number of carboxylic acids is 1. The van der Waals surface area contributed by atoms with Crippen LogP contribution in [-0.2, 0) is 0 Å². The van der Waals surface area contributed by atoms with Gasteiger partial charge in [0.1, 0.15) is 0 Å². The van der Waals surface area contributed by atoms with E-state index in [1.54, 1.807) is 24.3 Å². The van der Waals surface area contributed by atoms with Crippen molar-refractivity contribution in [3.8, 4) is 0 Å². The molecule has 1 aromatic heterocycles. The summed E-state index contributed by atoms with van der Waals surface area (Å²) in [7, 11) is 0. The van der Waals surface area contributed by atoms with Crippen LogP contribution in [0.25, 0.3) is 11.0 Å². The Bertz CT molecular complexity index is 747. The molecule has 1 fully saturated rings. The van der Waals surface area contributed by atoms with Crippen LogP contribution in [0, 0.1) is 0 Å². The van der Waals surface area contributed by atoms with E-state index in [0.29, 0.717) is 37.0 Å². The zero-order valence-electron chi connectivity index (χ0n) is 11.3. The number of benzene rings is 1. The number of aromatic nitrogens is 2. The van der Waals surface area contributed by atoms with Gasteiger partial charge in [-0.3, -0.25) is 4.79 Å². The second-order valence-electron chi connectivity index (χ2n) is 5.11. The highest BCUT2D eigenvalue weighted by atomic mass is 16.5. The Balaban J connectivity index is 2.21. The maximum Gasteiger partial charge on any atom is 0.360 e. The maximum absolute atomic E-state index is 12.4. The number of carboxylic acid groups (broad SMARTS) is 1. The molecule has 1 aliphatic heterocycles. The van der Waals surface area contributed by atoms with E-state index in [0.717, 1.165) is 0 Å². The Morgan fingerprint density at radius 1 is 1.24 bits per heavy atom. The van der Waals surface area contributed by atoms with Crippen molar-refractivity contribution in [1.29, 1.82) is 0 Å². The zero-order valence-corrected chi connectivity index (χ0v) is 11.3. The first-order valence-corrected chi connectivity index (χ1v) is 6.76. The molecule has 110 valence electrons. The summed E-state index contributed by atoms with van der Waals surface area (Å²) in [4.78, 5) is 27.6. The van der Waals surface area contributed by atoms with Crippen molar-refractivity contribution in [2.24, 2.45) is 0 Å². The summed E-state index contributed by atoms with van der Waals surface area (Å²) in [6.07, 6.45) is 1.17. The molecule has 0 saturated carbocycles. The highest BCUT2D eigenvalue weighted by Gasteiger charge is 2.25. The van der Waals surface area contributed by atoms with E-state index in [1.165, 1.54) is 9.63 Å². The quantitative estimate of drug-likeness (QED) is 0.860. The van der Waals surface area contributed by atoms with Gasteiger partial charge in [-0.1, -0.05) is 12.1 Å². The van der Waals surface area contributed by atoms with Gasteiger partial charge in [0.15, 0.2) is 0 Å². The number of hydrogen-bond acceptors (Lipinski definition) is 5. The molecular formula is C14H15N3O4. The summed E-state index contributed by atoms with van der Waals surface area (Å²) in [5, 5.41) is 19.8. The molecule has 2 N–H and O–H groups in total. The molecule has 2 aromatic rings. The van der Waals surface area contributed by atoms with Crippen molar-refractivity contribution in [3.05, 3.63) is 40.3 Å². The molecule has 3 rings (SSSR count). The van der Waals surface area contributed by atoms with Crippen molar-refractivity contribution in [1.82, 2.24) is 14.6 Å². The minimum atomic E-state index is -1.32. The first-order valence-electron chi connectivity index (χ1n) is 6.76. The molecule has 7 heteroatoms. The molecule has 0 atom stereocenters. The van der Waals surface area contributed by atoms with Gasteiger partial charge in [0.25, 0.3) is 5.56 Å². The van der Waals surface area contributed by atoms with Crippen LogP contribution in [0.15, 0.2) is 29.1 Å². The van der Waals surface area contributed by atoms with E-state index in [2.05, 4.69) is 4.98 Å². The number of para-hydroxylation sites is 2. The lowest BCUT2D eigenvalue weighted by atomic mass is 10.1. The summed E-state index contributed by atoms with van der Waals surface area (Å²) in [5.41, 5.74) is 0.0718. The number of hydrogen-bond donors (Lipinski definition) is 2. The minimum Gasteiger partial charge on any atom is -0.476 e. The molecular weight excluding hydrogens is 274 g/mol. The second kappa shape index (κ2) is 5.27. The van der Waals surface area contributed by atoms with Gasteiger partial charge >= 0.3 is 5.97 Å². The molecule has 0 unspecified atom stereocenters. The normalized spacial score (nSPS) is 17.2. The summed E-state index contributed by atoms with van der Waals surface area (Å²) < 4.78 is 1.51. The van der Waals surface area contributed by atoms with Crippen LogP contribution in [-0.4, -0.2) is 44.0 Å². The first-order chi connectivity index (χ1) is 10.1. The molecule has 21 heavy (non-hydrogen) atoms.